The van der Waals surface area contributed by atoms with E-state index in [1.165, 1.54) is 0 Å². The molecule has 0 saturated carbocycles. The van der Waals surface area contributed by atoms with Crippen molar-refractivity contribution in [2.75, 3.05) is 13.1 Å². The minimum Gasteiger partial charge on any atom is -0.329 e. The van der Waals surface area contributed by atoms with Crippen molar-refractivity contribution in [3.63, 3.8) is 0 Å². The Balaban J connectivity index is 3.12. The Morgan fingerprint density at radius 2 is 1.71 bits per heavy atom. The first-order valence-corrected chi connectivity index (χ1v) is 8.60. The third-order valence-corrected chi connectivity index (χ3v) is 4.68. The van der Waals surface area contributed by atoms with Gasteiger partial charge in [0.05, 0.1) is 10.0 Å². The summed E-state index contributed by atoms with van der Waals surface area (Å²) >= 11 is 12.2. The summed E-state index contributed by atoms with van der Waals surface area (Å²) in [6.45, 7) is 10.6. The molecule has 1 unspecified atom stereocenters. The van der Waals surface area contributed by atoms with Gasteiger partial charge in [-0.2, -0.15) is 0 Å². The average molecular weight is 331 g/mol. The quantitative estimate of drug-likeness (QED) is 0.715. The van der Waals surface area contributed by atoms with Crippen molar-refractivity contribution in [3.8, 4) is 0 Å². The standard InChI is InChI=1S/C17H28Cl2N2/c1-5-14(6-2)21(11-12(3)4)17(10-20)13-7-8-15(18)16(19)9-13/h7-9,12,14,17H,5-6,10-11,20H2,1-4H3. The number of hydrogen-bond acceptors (Lipinski definition) is 2. The van der Waals surface area contributed by atoms with Crippen molar-refractivity contribution in [1.29, 1.82) is 0 Å². The minimum absolute atomic E-state index is 0.187. The molecule has 0 amide bonds. The predicted octanol–water partition coefficient (Wildman–Crippen LogP) is 5.14. The van der Waals surface area contributed by atoms with Gasteiger partial charge in [0.1, 0.15) is 0 Å². The second kappa shape index (κ2) is 8.99. The van der Waals surface area contributed by atoms with E-state index in [0.717, 1.165) is 24.9 Å². The molecule has 0 radical (unpaired) electrons. The lowest BCUT2D eigenvalue weighted by Gasteiger charge is -2.38. The fourth-order valence-corrected chi connectivity index (χ4v) is 3.20. The van der Waals surface area contributed by atoms with Gasteiger partial charge in [0, 0.05) is 25.2 Å². The Labute approximate surface area is 139 Å². The Hall–Kier alpha value is -0.280. The first-order valence-electron chi connectivity index (χ1n) is 7.85. The average Bonchev–Trinajstić information content (AvgIpc) is 2.44. The molecule has 0 saturated heterocycles. The summed E-state index contributed by atoms with van der Waals surface area (Å²) in [5.41, 5.74) is 7.25. The summed E-state index contributed by atoms with van der Waals surface area (Å²) in [5.74, 6) is 0.599. The maximum Gasteiger partial charge on any atom is 0.0595 e. The van der Waals surface area contributed by atoms with E-state index in [2.05, 4.69) is 32.6 Å². The van der Waals surface area contributed by atoms with Gasteiger partial charge in [-0.15, -0.1) is 0 Å². The van der Waals surface area contributed by atoms with Gasteiger partial charge in [0.2, 0.25) is 0 Å². The second-order valence-electron chi connectivity index (χ2n) is 5.99. The third kappa shape index (κ3) is 5.14. The molecule has 1 aromatic rings. The van der Waals surface area contributed by atoms with Gasteiger partial charge >= 0.3 is 0 Å². The highest BCUT2D eigenvalue weighted by Gasteiger charge is 2.25. The van der Waals surface area contributed by atoms with Gasteiger partial charge < -0.3 is 5.73 Å². The zero-order valence-electron chi connectivity index (χ0n) is 13.6. The highest BCUT2D eigenvalue weighted by atomic mass is 35.5. The molecule has 0 aromatic heterocycles. The molecule has 1 rings (SSSR count). The Kier molecular flexibility index (Phi) is 8.04. The topological polar surface area (TPSA) is 29.3 Å². The van der Waals surface area contributed by atoms with Gasteiger partial charge in [0.25, 0.3) is 0 Å². The molecule has 120 valence electrons. The number of nitrogens with zero attached hydrogens (tertiary/aromatic N) is 1. The lowest BCUT2D eigenvalue weighted by atomic mass is 9.99. The van der Waals surface area contributed by atoms with Crippen LogP contribution in [0, 0.1) is 5.92 Å². The first-order chi connectivity index (χ1) is 9.94. The van der Waals surface area contributed by atoms with E-state index >= 15 is 0 Å². The van der Waals surface area contributed by atoms with Crippen LogP contribution in [0.1, 0.15) is 52.1 Å². The smallest absolute Gasteiger partial charge is 0.0595 e. The largest absolute Gasteiger partial charge is 0.329 e. The van der Waals surface area contributed by atoms with Gasteiger partial charge in [-0.3, -0.25) is 4.90 Å². The van der Waals surface area contributed by atoms with Crippen LogP contribution >= 0.6 is 23.2 Å². The van der Waals surface area contributed by atoms with E-state index in [-0.39, 0.29) is 6.04 Å². The maximum atomic E-state index is 6.18. The molecule has 1 aromatic carbocycles. The Morgan fingerprint density at radius 1 is 1.10 bits per heavy atom. The lowest BCUT2D eigenvalue weighted by molar-refractivity contribution is 0.112. The van der Waals surface area contributed by atoms with Crippen LogP contribution in [0.4, 0.5) is 0 Å². The summed E-state index contributed by atoms with van der Waals surface area (Å²) in [7, 11) is 0. The van der Waals surface area contributed by atoms with Gasteiger partial charge in [-0.1, -0.05) is 57.0 Å². The second-order valence-corrected chi connectivity index (χ2v) is 6.80. The molecule has 0 aliphatic rings. The number of nitrogens with two attached hydrogens (primary N) is 1. The molecule has 4 heteroatoms. The highest BCUT2D eigenvalue weighted by molar-refractivity contribution is 6.42. The number of rotatable bonds is 8. The van der Waals surface area contributed by atoms with E-state index in [1.807, 2.05) is 18.2 Å². The summed E-state index contributed by atoms with van der Waals surface area (Å²) in [6, 6.07) is 6.59. The molecule has 0 bridgehead atoms. The Morgan fingerprint density at radius 3 is 2.14 bits per heavy atom. The first kappa shape index (κ1) is 18.8. The highest BCUT2D eigenvalue weighted by Crippen LogP contribution is 2.30. The van der Waals surface area contributed by atoms with Crippen molar-refractivity contribution in [2.24, 2.45) is 11.7 Å². The monoisotopic (exact) mass is 330 g/mol. The molecule has 0 aliphatic heterocycles. The SMILES string of the molecule is CCC(CC)N(CC(C)C)C(CN)c1ccc(Cl)c(Cl)c1. The van der Waals surface area contributed by atoms with E-state index in [9.17, 15) is 0 Å². The Bertz CT molecular complexity index is 431. The zero-order valence-corrected chi connectivity index (χ0v) is 15.1. The van der Waals surface area contributed by atoms with Crippen LogP contribution in [0.15, 0.2) is 18.2 Å². The molecule has 1 atom stereocenters. The van der Waals surface area contributed by atoms with Crippen molar-refractivity contribution in [3.05, 3.63) is 33.8 Å². The van der Waals surface area contributed by atoms with Crippen LogP contribution in [0.5, 0.6) is 0 Å². The van der Waals surface area contributed by atoms with E-state index in [1.54, 1.807) is 0 Å². The fraction of sp³-hybridized carbons (Fsp3) is 0.647. The van der Waals surface area contributed by atoms with Gasteiger partial charge in [-0.25, -0.2) is 0 Å². The summed E-state index contributed by atoms with van der Waals surface area (Å²) in [6.07, 6.45) is 2.25. The summed E-state index contributed by atoms with van der Waals surface area (Å²) < 4.78 is 0. The molecule has 2 N–H and O–H groups in total. The molecular formula is C17H28Cl2N2. The molecule has 0 aliphatic carbocycles. The molecule has 21 heavy (non-hydrogen) atoms. The minimum atomic E-state index is 0.187. The lowest BCUT2D eigenvalue weighted by Crippen LogP contribution is -2.43. The van der Waals surface area contributed by atoms with Crippen LogP contribution in [-0.4, -0.2) is 24.0 Å². The summed E-state index contributed by atoms with van der Waals surface area (Å²) in [5, 5.41) is 1.19. The molecular weight excluding hydrogens is 303 g/mol. The predicted molar refractivity (Wildman–Crippen MR) is 94.2 cm³/mol. The maximum absolute atomic E-state index is 6.18. The number of benzene rings is 1. The zero-order chi connectivity index (χ0) is 16.0. The fourth-order valence-electron chi connectivity index (χ4n) is 2.89. The molecule has 0 spiro atoms. The van der Waals surface area contributed by atoms with E-state index < -0.39 is 0 Å². The van der Waals surface area contributed by atoms with Crippen molar-refractivity contribution in [1.82, 2.24) is 4.90 Å². The van der Waals surface area contributed by atoms with Crippen LogP contribution in [0.3, 0.4) is 0 Å². The molecule has 2 nitrogen and oxygen atoms in total. The molecule has 0 fully saturated rings. The summed E-state index contributed by atoms with van der Waals surface area (Å²) in [4.78, 5) is 2.53. The van der Waals surface area contributed by atoms with Crippen molar-refractivity contribution in [2.45, 2.75) is 52.6 Å². The van der Waals surface area contributed by atoms with Crippen LogP contribution in [0.25, 0.3) is 0 Å². The van der Waals surface area contributed by atoms with Crippen LogP contribution < -0.4 is 5.73 Å². The van der Waals surface area contributed by atoms with Crippen LogP contribution in [0.2, 0.25) is 10.0 Å². The van der Waals surface area contributed by atoms with Crippen molar-refractivity contribution >= 4 is 23.2 Å². The number of hydrogen-bond donors (Lipinski definition) is 1. The van der Waals surface area contributed by atoms with Gasteiger partial charge in [0.15, 0.2) is 0 Å². The van der Waals surface area contributed by atoms with Crippen LogP contribution in [-0.2, 0) is 0 Å². The normalized spacial score (nSPS) is 13.4. The third-order valence-electron chi connectivity index (χ3n) is 3.94. The molecule has 0 heterocycles. The van der Waals surface area contributed by atoms with Gasteiger partial charge in [-0.05, 0) is 36.5 Å². The van der Waals surface area contributed by atoms with Crippen molar-refractivity contribution < 1.29 is 0 Å². The number of halogens is 2. The van der Waals surface area contributed by atoms with E-state index in [0.29, 0.717) is 28.5 Å². The van der Waals surface area contributed by atoms with E-state index in [4.69, 9.17) is 28.9 Å².